The standard InChI is InChI=1S/C14H19BrN2/c1-10-2-3-12(8-13(10)15)16-14-5-7-17-6-4-11(14)9-17/h2-3,8,11,14,16H,4-7,9H2,1H3. The summed E-state index contributed by atoms with van der Waals surface area (Å²) < 4.78 is 1.20. The van der Waals surface area contributed by atoms with Gasteiger partial charge in [0.15, 0.2) is 0 Å². The van der Waals surface area contributed by atoms with Gasteiger partial charge in [-0.2, -0.15) is 0 Å². The first-order valence-corrected chi connectivity index (χ1v) is 7.27. The Morgan fingerprint density at radius 3 is 2.94 bits per heavy atom. The van der Waals surface area contributed by atoms with E-state index in [0.29, 0.717) is 6.04 Å². The highest BCUT2D eigenvalue weighted by Crippen LogP contribution is 2.30. The number of hydrogen-bond acceptors (Lipinski definition) is 2. The molecule has 0 aromatic heterocycles. The molecule has 0 saturated carbocycles. The Hall–Kier alpha value is -0.540. The molecule has 0 aliphatic carbocycles. The van der Waals surface area contributed by atoms with E-state index >= 15 is 0 Å². The van der Waals surface area contributed by atoms with Gasteiger partial charge in [0, 0.05) is 29.3 Å². The number of fused-ring (bicyclic) bond motifs is 2. The Kier molecular flexibility index (Phi) is 3.14. The second kappa shape index (κ2) is 4.62. The third-order valence-corrected chi connectivity index (χ3v) is 5.01. The van der Waals surface area contributed by atoms with Gasteiger partial charge in [0.2, 0.25) is 0 Å². The first-order valence-electron chi connectivity index (χ1n) is 6.47. The average Bonchev–Trinajstić information content (AvgIpc) is 2.71. The van der Waals surface area contributed by atoms with Crippen LogP contribution in [0.25, 0.3) is 0 Å². The molecule has 0 amide bonds. The molecule has 3 atom stereocenters. The summed E-state index contributed by atoms with van der Waals surface area (Å²) in [5, 5.41) is 3.72. The van der Waals surface area contributed by atoms with Gasteiger partial charge in [0.25, 0.3) is 0 Å². The number of nitrogens with one attached hydrogen (secondary N) is 1. The number of piperidine rings is 1. The van der Waals surface area contributed by atoms with Crippen molar-refractivity contribution in [3.05, 3.63) is 28.2 Å². The zero-order valence-electron chi connectivity index (χ0n) is 10.2. The summed E-state index contributed by atoms with van der Waals surface area (Å²) in [6, 6.07) is 7.25. The summed E-state index contributed by atoms with van der Waals surface area (Å²) in [4.78, 5) is 2.59. The number of hydrogen-bond donors (Lipinski definition) is 1. The molecule has 3 rings (SSSR count). The minimum absolute atomic E-state index is 0.670. The number of nitrogens with zero attached hydrogens (tertiary/aromatic N) is 1. The number of benzene rings is 1. The van der Waals surface area contributed by atoms with Crippen molar-refractivity contribution in [1.29, 1.82) is 0 Å². The molecule has 3 heteroatoms. The Balaban J connectivity index is 1.71. The average molecular weight is 295 g/mol. The van der Waals surface area contributed by atoms with E-state index in [1.165, 1.54) is 48.2 Å². The summed E-state index contributed by atoms with van der Waals surface area (Å²) >= 11 is 3.60. The molecule has 2 aliphatic rings. The van der Waals surface area contributed by atoms with Crippen LogP contribution >= 0.6 is 15.9 Å². The first kappa shape index (κ1) is 11.5. The van der Waals surface area contributed by atoms with Gasteiger partial charge in [-0.1, -0.05) is 22.0 Å². The Labute approximate surface area is 112 Å². The van der Waals surface area contributed by atoms with Crippen molar-refractivity contribution in [2.45, 2.75) is 25.8 Å². The molecular weight excluding hydrogens is 276 g/mol. The zero-order chi connectivity index (χ0) is 11.8. The van der Waals surface area contributed by atoms with Crippen molar-refractivity contribution in [2.75, 3.05) is 25.0 Å². The summed E-state index contributed by atoms with van der Waals surface area (Å²) in [6.07, 6.45) is 2.65. The smallest absolute Gasteiger partial charge is 0.0353 e. The van der Waals surface area contributed by atoms with Crippen LogP contribution in [0.5, 0.6) is 0 Å². The van der Waals surface area contributed by atoms with E-state index in [2.05, 4.69) is 51.3 Å². The fourth-order valence-electron chi connectivity index (χ4n) is 3.04. The van der Waals surface area contributed by atoms with Crippen LogP contribution in [0.15, 0.2) is 22.7 Å². The summed E-state index contributed by atoms with van der Waals surface area (Å²) in [5.41, 5.74) is 2.55. The zero-order valence-corrected chi connectivity index (χ0v) is 11.8. The molecule has 2 saturated heterocycles. The highest BCUT2D eigenvalue weighted by molar-refractivity contribution is 9.10. The lowest BCUT2D eigenvalue weighted by Gasteiger charge is -2.31. The van der Waals surface area contributed by atoms with Crippen LogP contribution < -0.4 is 5.32 Å². The number of aryl methyl sites for hydroxylation is 1. The van der Waals surface area contributed by atoms with Gasteiger partial charge < -0.3 is 10.2 Å². The minimum Gasteiger partial charge on any atom is -0.382 e. The van der Waals surface area contributed by atoms with Crippen molar-refractivity contribution < 1.29 is 0 Å². The number of halogens is 1. The maximum atomic E-state index is 3.72. The molecule has 2 heterocycles. The van der Waals surface area contributed by atoms with Crippen LogP contribution in [-0.2, 0) is 0 Å². The number of anilines is 1. The largest absolute Gasteiger partial charge is 0.382 e. The quantitative estimate of drug-likeness (QED) is 0.901. The van der Waals surface area contributed by atoms with E-state index in [9.17, 15) is 0 Å². The van der Waals surface area contributed by atoms with E-state index in [0.717, 1.165) is 5.92 Å². The molecule has 3 unspecified atom stereocenters. The molecule has 1 aromatic rings. The van der Waals surface area contributed by atoms with Crippen molar-refractivity contribution >= 4 is 21.6 Å². The Morgan fingerprint density at radius 2 is 2.12 bits per heavy atom. The summed E-state index contributed by atoms with van der Waals surface area (Å²) in [6.45, 7) is 6.00. The SMILES string of the molecule is Cc1ccc(NC2CCN3CCC2C3)cc1Br. The van der Waals surface area contributed by atoms with Gasteiger partial charge in [-0.25, -0.2) is 0 Å². The van der Waals surface area contributed by atoms with E-state index in [1.54, 1.807) is 0 Å². The van der Waals surface area contributed by atoms with Crippen molar-refractivity contribution in [1.82, 2.24) is 4.90 Å². The van der Waals surface area contributed by atoms with E-state index in [1.807, 2.05) is 0 Å². The van der Waals surface area contributed by atoms with E-state index in [4.69, 9.17) is 0 Å². The second-order valence-corrected chi connectivity index (χ2v) is 6.21. The second-order valence-electron chi connectivity index (χ2n) is 5.35. The fraction of sp³-hybridized carbons (Fsp3) is 0.571. The lowest BCUT2D eigenvalue weighted by Crippen LogP contribution is -2.39. The third-order valence-electron chi connectivity index (χ3n) is 4.16. The van der Waals surface area contributed by atoms with Crippen LogP contribution in [-0.4, -0.2) is 30.6 Å². The summed E-state index contributed by atoms with van der Waals surface area (Å²) in [7, 11) is 0. The third kappa shape index (κ3) is 2.36. The van der Waals surface area contributed by atoms with Crippen molar-refractivity contribution in [3.63, 3.8) is 0 Å². The highest BCUT2D eigenvalue weighted by Gasteiger charge is 2.33. The number of rotatable bonds is 2. The van der Waals surface area contributed by atoms with Gasteiger partial charge >= 0.3 is 0 Å². The maximum absolute atomic E-state index is 3.72. The normalized spacial score (nSPS) is 31.5. The molecule has 2 fully saturated rings. The molecule has 1 aromatic carbocycles. The molecule has 1 N–H and O–H groups in total. The van der Waals surface area contributed by atoms with E-state index < -0.39 is 0 Å². The van der Waals surface area contributed by atoms with Gasteiger partial charge in [0.05, 0.1) is 0 Å². The Bertz CT molecular complexity index is 419. The Morgan fingerprint density at radius 1 is 1.29 bits per heavy atom. The van der Waals surface area contributed by atoms with Gasteiger partial charge in [0.1, 0.15) is 0 Å². The molecule has 92 valence electrons. The van der Waals surface area contributed by atoms with Crippen LogP contribution in [0.2, 0.25) is 0 Å². The first-order chi connectivity index (χ1) is 8.22. The molecule has 0 radical (unpaired) electrons. The molecule has 2 bridgehead atoms. The predicted molar refractivity (Wildman–Crippen MR) is 75.5 cm³/mol. The predicted octanol–water partition coefficient (Wildman–Crippen LogP) is 3.26. The molecule has 2 aliphatic heterocycles. The van der Waals surface area contributed by atoms with Crippen LogP contribution in [0.1, 0.15) is 18.4 Å². The molecular formula is C14H19BrN2. The lowest BCUT2D eigenvalue weighted by molar-refractivity contribution is 0.255. The highest BCUT2D eigenvalue weighted by atomic mass is 79.9. The maximum Gasteiger partial charge on any atom is 0.0353 e. The van der Waals surface area contributed by atoms with Crippen molar-refractivity contribution in [2.24, 2.45) is 5.92 Å². The van der Waals surface area contributed by atoms with E-state index in [-0.39, 0.29) is 0 Å². The summed E-state index contributed by atoms with van der Waals surface area (Å²) in [5.74, 6) is 0.851. The fourth-order valence-corrected chi connectivity index (χ4v) is 3.42. The molecule has 17 heavy (non-hydrogen) atoms. The monoisotopic (exact) mass is 294 g/mol. The van der Waals surface area contributed by atoms with Gasteiger partial charge in [-0.3, -0.25) is 0 Å². The molecule has 0 spiro atoms. The topological polar surface area (TPSA) is 15.3 Å². The van der Waals surface area contributed by atoms with Crippen LogP contribution in [0.4, 0.5) is 5.69 Å². The molecule has 2 nitrogen and oxygen atoms in total. The van der Waals surface area contributed by atoms with Crippen LogP contribution in [0.3, 0.4) is 0 Å². The van der Waals surface area contributed by atoms with Crippen molar-refractivity contribution in [3.8, 4) is 0 Å². The van der Waals surface area contributed by atoms with Gasteiger partial charge in [-0.15, -0.1) is 0 Å². The van der Waals surface area contributed by atoms with Gasteiger partial charge in [-0.05, 0) is 49.9 Å². The van der Waals surface area contributed by atoms with Crippen LogP contribution in [0, 0.1) is 12.8 Å². The lowest BCUT2D eigenvalue weighted by atomic mass is 9.94. The minimum atomic E-state index is 0.670.